The molecule has 0 aromatic heterocycles. The minimum atomic E-state index is -4.70. The van der Waals surface area contributed by atoms with Crippen LogP contribution in [0.5, 0.6) is 0 Å². The minimum Gasteiger partial charge on any atom is -0.756 e. The maximum atomic E-state index is 13.6. The van der Waals surface area contributed by atoms with Gasteiger partial charge in [-0.15, -0.1) is 0 Å². The van der Waals surface area contributed by atoms with Crippen molar-refractivity contribution in [3.63, 3.8) is 0 Å². The average molecular weight is 1160 g/mol. The van der Waals surface area contributed by atoms with E-state index in [4.69, 9.17) is 13.8 Å². The minimum absolute atomic E-state index is 0.0203. The highest BCUT2D eigenvalue weighted by molar-refractivity contribution is 7.45. The zero-order valence-electron chi connectivity index (χ0n) is 54.5. The Morgan fingerprint density at radius 2 is 0.753 bits per heavy atom. The van der Waals surface area contributed by atoms with Gasteiger partial charge in [-0.05, 0) is 70.3 Å². The Morgan fingerprint density at radius 1 is 0.432 bits per heavy atom. The Hall–Kier alpha value is -2.03. The Labute approximate surface area is 503 Å². The van der Waals surface area contributed by atoms with E-state index < -0.39 is 20.0 Å². The highest BCUT2D eigenvalue weighted by Gasteiger charge is 2.27. The number of hydrogen-bond acceptors (Lipinski definition) is 7. The molecule has 0 aromatic rings. The fourth-order valence-electron chi connectivity index (χ4n) is 10.4. The molecule has 0 spiro atoms. The smallest absolute Gasteiger partial charge is 0.306 e. The molecule has 0 saturated carbocycles. The normalized spacial score (nSPS) is 13.8. The molecule has 0 aliphatic heterocycles. The van der Waals surface area contributed by atoms with Crippen LogP contribution >= 0.6 is 7.82 Å². The number of likely N-dealkylation sites (N-methyl/N-ethyl adjacent to an activating group) is 1. The van der Waals surface area contributed by atoms with Gasteiger partial charge in [0.05, 0.1) is 33.8 Å². The molecule has 1 amide bonds. The predicted molar refractivity (Wildman–Crippen MR) is 349 cm³/mol. The van der Waals surface area contributed by atoms with Gasteiger partial charge >= 0.3 is 5.97 Å². The topological polar surface area (TPSA) is 114 Å². The molecule has 9 nitrogen and oxygen atoms in total. The van der Waals surface area contributed by atoms with E-state index >= 15 is 0 Å². The van der Waals surface area contributed by atoms with Crippen LogP contribution in [0.15, 0.2) is 48.6 Å². The van der Waals surface area contributed by atoms with Crippen molar-refractivity contribution >= 4 is 19.7 Å². The first-order valence-corrected chi connectivity index (χ1v) is 36.4. The van der Waals surface area contributed by atoms with Gasteiger partial charge in [-0.2, -0.15) is 0 Å². The second-order valence-corrected chi connectivity index (χ2v) is 26.5. The van der Waals surface area contributed by atoms with Gasteiger partial charge in [-0.3, -0.25) is 14.2 Å². The molecule has 476 valence electrons. The van der Waals surface area contributed by atoms with Gasteiger partial charge < -0.3 is 28.5 Å². The molecule has 0 heterocycles. The summed E-state index contributed by atoms with van der Waals surface area (Å²) in [5, 5.41) is 3.04. The Bertz CT molecular complexity index is 1520. The summed E-state index contributed by atoms with van der Waals surface area (Å²) in [6, 6.07) is -0.886. The number of rotatable bonds is 64. The van der Waals surface area contributed by atoms with Crippen molar-refractivity contribution in [1.82, 2.24) is 5.32 Å². The first kappa shape index (κ1) is 79.0. The molecular weight excluding hydrogens is 1020 g/mol. The Morgan fingerprint density at radius 3 is 1.15 bits per heavy atom. The summed E-state index contributed by atoms with van der Waals surface area (Å²) < 4.78 is 30.4. The molecule has 0 radical (unpaired) electrons. The van der Waals surface area contributed by atoms with Crippen molar-refractivity contribution in [1.29, 1.82) is 0 Å². The highest BCUT2D eigenvalue weighted by Crippen LogP contribution is 2.38. The second-order valence-electron chi connectivity index (χ2n) is 25.0. The summed E-state index contributed by atoms with van der Waals surface area (Å²) in [6.45, 7) is 6.86. The van der Waals surface area contributed by atoms with Crippen molar-refractivity contribution in [2.24, 2.45) is 0 Å². The fourth-order valence-corrected chi connectivity index (χ4v) is 11.1. The number of amides is 1. The number of quaternary nitrogens is 1. The maximum absolute atomic E-state index is 13.6. The Kier molecular flexibility index (Phi) is 59.5. The number of nitrogens with zero attached hydrogens (tertiary/aromatic N) is 1. The van der Waals surface area contributed by atoms with Crippen molar-refractivity contribution in [3.05, 3.63) is 48.6 Å². The quantitative estimate of drug-likeness (QED) is 0.0212. The molecule has 1 N–H and O–H groups in total. The first-order valence-electron chi connectivity index (χ1n) is 34.9. The van der Waals surface area contributed by atoms with Gasteiger partial charge in [0, 0.05) is 12.8 Å². The number of carbonyl (C=O) groups is 2. The van der Waals surface area contributed by atoms with Gasteiger partial charge in [0.15, 0.2) is 0 Å². The summed E-state index contributed by atoms with van der Waals surface area (Å²) in [7, 11) is 1.20. The van der Waals surface area contributed by atoms with Crippen LogP contribution in [-0.4, -0.2) is 69.4 Å². The molecule has 3 unspecified atom stereocenters. The molecule has 0 rings (SSSR count). The number of phosphoric ester groups is 1. The van der Waals surface area contributed by atoms with E-state index in [0.29, 0.717) is 17.4 Å². The largest absolute Gasteiger partial charge is 0.756 e. The van der Waals surface area contributed by atoms with E-state index in [-0.39, 0.29) is 31.5 Å². The molecule has 0 fully saturated rings. The van der Waals surface area contributed by atoms with Crippen LogP contribution in [0.1, 0.15) is 342 Å². The number of allylic oxidation sites excluding steroid dienone is 7. The fraction of sp³-hybridized carbons (Fsp3) is 0.859. The molecule has 3 atom stereocenters. The lowest BCUT2D eigenvalue weighted by Crippen LogP contribution is -2.47. The number of nitrogens with one attached hydrogen (secondary N) is 1. The molecule has 0 saturated heterocycles. The molecule has 0 aliphatic rings. The molecule has 81 heavy (non-hydrogen) atoms. The third-order valence-electron chi connectivity index (χ3n) is 15.8. The van der Waals surface area contributed by atoms with Gasteiger partial charge in [0.25, 0.3) is 7.82 Å². The third kappa shape index (κ3) is 62.3. The van der Waals surface area contributed by atoms with Gasteiger partial charge in [-0.25, -0.2) is 0 Å². The van der Waals surface area contributed by atoms with E-state index in [0.717, 1.165) is 70.6 Å². The SMILES string of the molecule is CCCCC/C=C\C/C=C\C/C=C\CCCCCCCCCCCCCCCCC(=O)NC(COP(=O)([O-])OCC[N+](C)(C)C)C(/C=C\CCCCCCCCCCC)OC(=O)CCCCCCCCCCCCCCCCCCC. The summed E-state index contributed by atoms with van der Waals surface area (Å²) in [4.78, 5) is 40.1. The summed E-state index contributed by atoms with van der Waals surface area (Å²) in [6.07, 6.45) is 76.6. The summed E-state index contributed by atoms with van der Waals surface area (Å²) in [5.41, 5.74) is 0. The Balaban J connectivity index is 4.97. The second kappa shape index (κ2) is 61.1. The number of unbranched alkanes of at least 4 members (excludes halogenated alkanes) is 42. The standard InChI is InChI=1S/C71H135N2O7P/c1-7-10-13-16-19-22-25-27-29-31-32-33-34-35-36-37-38-39-40-42-43-45-48-51-54-57-60-63-70(74)72-68(67-79-81(76,77)78-66-65-73(4,5)6)69(62-59-56-53-50-47-24-21-18-15-12-9-3)80-71(75)64-61-58-55-52-49-46-44-41-30-28-26-23-20-17-14-11-8-2/h19,22,27,29,32-33,59,62,68-69H,7-18,20-21,23-26,28,30-31,34-58,60-61,63-67H2,1-6H3,(H-,72,74,76,77)/b22-19-,29-27-,33-32-,62-59-. The van der Waals surface area contributed by atoms with Crippen LogP contribution in [0.25, 0.3) is 0 Å². The van der Waals surface area contributed by atoms with Gasteiger partial charge in [0.2, 0.25) is 5.91 Å². The van der Waals surface area contributed by atoms with Crippen molar-refractivity contribution in [2.75, 3.05) is 40.9 Å². The van der Waals surface area contributed by atoms with E-state index in [1.807, 2.05) is 33.3 Å². The van der Waals surface area contributed by atoms with Crippen molar-refractivity contribution < 1.29 is 37.3 Å². The van der Waals surface area contributed by atoms with Crippen molar-refractivity contribution in [3.8, 4) is 0 Å². The number of ether oxygens (including phenoxy) is 1. The first-order chi connectivity index (χ1) is 39.4. The lowest BCUT2D eigenvalue weighted by molar-refractivity contribution is -0.870. The molecule has 0 aliphatic carbocycles. The third-order valence-corrected chi connectivity index (χ3v) is 16.7. The van der Waals surface area contributed by atoms with E-state index in [2.05, 4.69) is 62.5 Å². The zero-order chi connectivity index (χ0) is 59.3. The monoisotopic (exact) mass is 1160 g/mol. The summed E-state index contributed by atoms with van der Waals surface area (Å²) in [5.74, 6) is -0.526. The maximum Gasteiger partial charge on any atom is 0.306 e. The predicted octanol–water partition coefficient (Wildman–Crippen LogP) is 21.4. The van der Waals surface area contributed by atoms with Crippen LogP contribution in [0.2, 0.25) is 0 Å². The van der Waals surface area contributed by atoms with E-state index in [1.165, 1.54) is 238 Å². The zero-order valence-corrected chi connectivity index (χ0v) is 55.4. The van der Waals surface area contributed by atoms with Crippen LogP contribution in [0.3, 0.4) is 0 Å². The average Bonchev–Trinajstić information content (AvgIpc) is 3.43. The van der Waals surface area contributed by atoms with E-state index in [1.54, 1.807) is 0 Å². The van der Waals surface area contributed by atoms with E-state index in [9.17, 15) is 19.0 Å². The summed E-state index contributed by atoms with van der Waals surface area (Å²) >= 11 is 0. The molecular formula is C71H135N2O7P. The molecule has 10 heteroatoms. The van der Waals surface area contributed by atoms with Crippen LogP contribution < -0.4 is 10.2 Å². The van der Waals surface area contributed by atoms with Crippen LogP contribution in [0.4, 0.5) is 0 Å². The van der Waals surface area contributed by atoms with Gasteiger partial charge in [-0.1, -0.05) is 307 Å². The van der Waals surface area contributed by atoms with Gasteiger partial charge in [0.1, 0.15) is 19.3 Å². The van der Waals surface area contributed by atoms with Crippen LogP contribution in [-0.2, 0) is 27.9 Å². The molecule has 0 bridgehead atoms. The highest BCUT2D eigenvalue weighted by atomic mass is 31.2. The lowest BCUT2D eigenvalue weighted by atomic mass is 10.0. The number of phosphoric acid groups is 1. The number of hydrogen-bond donors (Lipinski definition) is 1. The number of carbonyl (C=O) groups excluding carboxylic acids is 2. The van der Waals surface area contributed by atoms with Crippen molar-refractivity contribution in [2.45, 2.75) is 354 Å². The molecule has 0 aromatic carbocycles. The number of esters is 1. The van der Waals surface area contributed by atoms with Crippen LogP contribution in [0, 0.1) is 0 Å². The lowest BCUT2D eigenvalue weighted by Gasteiger charge is -2.30.